The van der Waals surface area contributed by atoms with Crippen molar-refractivity contribution < 1.29 is 17.6 Å². The van der Waals surface area contributed by atoms with Gasteiger partial charge < -0.3 is 5.32 Å². The first-order chi connectivity index (χ1) is 11.4. The molecule has 1 heterocycles. The molecule has 0 amide bonds. The third-order valence-electron chi connectivity index (χ3n) is 4.34. The molecule has 2 nitrogen and oxygen atoms in total. The first-order valence-electron chi connectivity index (χ1n) is 8.00. The van der Waals surface area contributed by atoms with Crippen LogP contribution in [0.1, 0.15) is 36.9 Å². The summed E-state index contributed by atoms with van der Waals surface area (Å²) < 4.78 is 51.8. The second kappa shape index (κ2) is 6.89. The van der Waals surface area contributed by atoms with Gasteiger partial charge in [-0.2, -0.15) is 13.2 Å². The zero-order chi connectivity index (χ0) is 17.2. The molecule has 1 aliphatic carbocycles. The lowest BCUT2D eigenvalue weighted by Gasteiger charge is -2.13. The molecule has 2 aromatic rings. The molecule has 1 N–H and O–H groups in total. The van der Waals surface area contributed by atoms with E-state index >= 15 is 0 Å². The van der Waals surface area contributed by atoms with Crippen LogP contribution in [0.5, 0.6) is 0 Å². The normalized spacial score (nSPS) is 15.8. The Morgan fingerprint density at radius 2 is 1.67 bits per heavy atom. The van der Waals surface area contributed by atoms with E-state index in [-0.39, 0.29) is 0 Å². The predicted octanol–water partition coefficient (Wildman–Crippen LogP) is 4.94. The van der Waals surface area contributed by atoms with E-state index in [4.69, 9.17) is 0 Å². The van der Waals surface area contributed by atoms with Crippen LogP contribution in [-0.2, 0) is 12.7 Å². The van der Waals surface area contributed by atoms with Gasteiger partial charge >= 0.3 is 6.18 Å². The van der Waals surface area contributed by atoms with Crippen LogP contribution in [0, 0.1) is 5.82 Å². The lowest BCUT2D eigenvalue weighted by molar-refractivity contribution is -0.137. The van der Waals surface area contributed by atoms with Crippen molar-refractivity contribution in [2.24, 2.45) is 0 Å². The number of aromatic nitrogens is 1. The SMILES string of the molecule is Fc1ccc(-c2ccc(C(F)(F)F)cc2)nc1CNC1CCCC1. The number of nitrogens with one attached hydrogen (secondary N) is 1. The molecule has 3 rings (SSSR count). The molecule has 1 aromatic carbocycles. The summed E-state index contributed by atoms with van der Waals surface area (Å²) in [5.74, 6) is -0.406. The fraction of sp³-hybridized carbons (Fsp3) is 0.389. The van der Waals surface area contributed by atoms with Crippen LogP contribution < -0.4 is 5.32 Å². The topological polar surface area (TPSA) is 24.9 Å². The summed E-state index contributed by atoms with van der Waals surface area (Å²) in [6.07, 6.45) is 0.157. The number of halogens is 4. The highest BCUT2D eigenvalue weighted by Gasteiger charge is 2.30. The number of rotatable bonds is 4. The van der Waals surface area contributed by atoms with Crippen molar-refractivity contribution >= 4 is 0 Å². The van der Waals surface area contributed by atoms with Crippen molar-refractivity contribution in [1.29, 1.82) is 0 Å². The molecule has 0 atom stereocenters. The summed E-state index contributed by atoms with van der Waals surface area (Å²) in [4.78, 5) is 4.28. The van der Waals surface area contributed by atoms with E-state index in [0.717, 1.165) is 25.0 Å². The Kier molecular flexibility index (Phi) is 4.85. The molecule has 24 heavy (non-hydrogen) atoms. The van der Waals surface area contributed by atoms with Crippen molar-refractivity contribution in [3.8, 4) is 11.3 Å². The van der Waals surface area contributed by atoms with Gasteiger partial charge in [-0.3, -0.25) is 0 Å². The van der Waals surface area contributed by atoms with Gasteiger partial charge in [-0.25, -0.2) is 9.37 Å². The number of benzene rings is 1. The Bertz CT molecular complexity index is 689. The Morgan fingerprint density at radius 1 is 1.00 bits per heavy atom. The van der Waals surface area contributed by atoms with Crippen molar-refractivity contribution in [1.82, 2.24) is 10.3 Å². The maximum Gasteiger partial charge on any atom is 0.416 e. The summed E-state index contributed by atoms with van der Waals surface area (Å²) in [5, 5.41) is 3.30. The second-order valence-electron chi connectivity index (χ2n) is 6.06. The Labute approximate surface area is 137 Å². The van der Waals surface area contributed by atoms with Gasteiger partial charge in [-0.15, -0.1) is 0 Å². The lowest BCUT2D eigenvalue weighted by atomic mass is 10.1. The Hall–Kier alpha value is -1.95. The van der Waals surface area contributed by atoms with E-state index in [9.17, 15) is 17.6 Å². The molecular weight excluding hydrogens is 320 g/mol. The summed E-state index contributed by atoms with van der Waals surface area (Å²) in [6.45, 7) is 0.324. The Balaban J connectivity index is 1.77. The number of hydrogen-bond acceptors (Lipinski definition) is 2. The number of nitrogens with zero attached hydrogens (tertiary/aromatic N) is 1. The highest BCUT2D eigenvalue weighted by atomic mass is 19.4. The minimum Gasteiger partial charge on any atom is -0.308 e. The maximum atomic E-state index is 13.9. The van der Waals surface area contributed by atoms with Crippen LogP contribution in [0.2, 0.25) is 0 Å². The average Bonchev–Trinajstić information content (AvgIpc) is 3.07. The zero-order valence-corrected chi connectivity index (χ0v) is 13.0. The highest BCUT2D eigenvalue weighted by Crippen LogP contribution is 2.30. The summed E-state index contributed by atoms with van der Waals surface area (Å²) >= 11 is 0. The van der Waals surface area contributed by atoms with Gasteiger partial charge in [0.25, 0.3) is 0 Å². The molecule has 0 aliphatic heterocycles. The molecule has 0 bridgehead atoms. The number of alkyl halides is 3. The first kappa shape index (κ1) is 16.9. The van der Waals surface area contributed by atoms with Crippen LogP contribution in [-0.4, -0.2) is 11.0 Å². The molecule has 1 fully saturated rings. The average molecular weight is 338 g/mol. The lowest BCUT2D eigenvalue weighted by Crippen LogP contribution is -2.26. The molecular formula is C18H18F4N2. The first-order valence-corrected chi connectivity index (χ1v) is 8.00. The molecule has 0 saturated heterocycles. The number of pyridine rings is 1. The van der Waals surface area contributed by atoms with Crippen LogP contribution in [0.25, 0.3) is 11.3 Å². The van der Waals surface area contributed by atoms with Gasteiger partial charge in [-0.05, 0) is 37.1 Å². The molecule has 1 aromatic heterocycles. The van der Waals surface area contributed by atoms with Gasteiger partial charge in [0.2, 0.25) is 0 Å². The second-order valence-corrected chi connectivity index (χ2v) is 6.06. The maximum absolute atomic E-state index is 13.9. The minimum absolute atomic E-state index is 0.291. The Morgan fingerprint density at radius 3 is 2.29 bits per heavy atom. The van der Waals surface area contributed by atoms with Gasteiger partial charge in [0.05, 0.1) is 17.0 Å². The van der Waals surface area contributed by atoms with Crippen LogP contribution in [0.3, 0.4) is 0 Å². The van der Waals surface area contributed by atoms with E-state index in [1.807, 2.05) is 0 Å². The van der Waals surface area contributed by atoms with Crippen LogP contribution >= 0.6 is 0 Å². The minimum atomic E-state index is -4.37. The zero-order valence-electron chi connectivity index (χ0n) is 13.0. The van der Waals surface area contributed by atoms with Gasteiger partial charge in [0.1, 0.15) is 5.82 Å². The van der Waals surface area contributed by atoms with Crippen molar-refractivity contribution in [3.05, 3.63) is 53.5 Å². The smallest absolute Gasteiger partial charge is 0.308 e. The summed E-state index contributed by atoms with van der Waals surface area (Å²) in [5.41, 5.74) is 0.578. The van der Waals surface area contributed by atoms with Gasteiger partial charge in [0, 0.05) is 18.2 Å². The van der Waals surface area contributed by atoms with Crippen LogP contribution in [0.4, 0.5) is 17.6 Å². The molecule has 0 radical (unpaired) electrons. The monoisotopic (exact) mass is 338 g/mol. The molecule has 0 unspecified atom stereocenters. The third kappa shape index (κ3) is 3.93. The largest absolute Gasteiger partial charge is 0.416 e. The van der Waals surface area contributed by atoms with Crippen LogP contribution in [0.15, 0.2) is 36.4 Å². The van der Waals surface area contributed by atoms with E-state index in [1.54, 1.807) is 0 Å². The van der Waals surface area contributed by atoms with Gasteiger partial charge in [0.15, 0.2) is 0 Å². The standard InChI is InChI=1S/C18H18F4N2/c19-15-9-10-16(12-5-7-13(8-6-12)18(20,21)22)24-17(15)11-23-14-3-1-2-4-14/h5-10,14,23H,1-4,11H2. The van der Waals surface area contributed by atoms with Crippen molar-refractivity contribution in [3.63, 3.8) is 0 Å². The molecule has 1 saturated carbocycles. The predicted molar refractivity (Wildman–Crippen MR) is 83.7 cm³/mol. The molecule has 6 heteroatoms. The fourth-order valence-corrected chi connectivity index (χ4v) is 2.97. The van der Waals surface area contributed by atoms with Crippen molar-refractivity contribution in [2.75, 3.05) is 0 Å². The molecule has 0 spiro atoms. The summed E-state index contributed by atoms with van der Waals surface area (Å²) in [7, 11) is 0. The molecule has 1 aliphatic rings. The molecule has 128 valence electrons. The summed E-state index contributed by atoms with van der Waals surface area (Å²) in [6, 6.07) is 7.92. The van der Waals surface area contributed by atoms with Crippen molar-refractivity contribution in [2.45, 2.75) is 44.4 Å². The van der Waals surface area contributed by atoms with E-state index in [1.165, 1.54) is 37.1 Å². The van der Waals surface area contributed by atoms with E-state index in [2.05, 4.69) is 10.3 Å². The number of hydrogen-bond donors (Lipinski definition) is 1. The quantitative estimate of drug-likeness (QED) is 0.799. The van der Waals surface area contributed by atoms with Gasteiger partial charge in [-0.1, -0.05) is 25.0 Å². The van der Waals surface area contributed by atoms with E-state index in [0.29, 0.717) is 29.5 Å². The van der Waals surface area contributed by atoms with E-state index < -0.39 is 17.6 Å². The third-order valence-corrected chi connectivity index (χ3v) is 4.34. The highest BCUT2D eigenvalue weighted by molar-refractivity contribution is 5.59. The fourth-order valence-electron chi connectivity index (χ4n) is 2.97.